The summed E-state index contributed by atoms with van der Waals surface area (Å²) in [5, 5.41) is 21.8. The molecule has 0 fully saturated rings. The number of nitrogens with zero attached hydrogens (tertiary/aromatic N) is 3. The van der Waals surface area contributed by atoms with Crippen LogP contribution in [0.15, 0.2) is 0 Å². The van der Waals surface area contributed by atoms with Gasteiger partial charge in [-0.25, -0.2) is 9.59 Å². The van der Waals surface area contributed by atoms with Crippen LogP contribution < -0.4 is 5.73 Å². The van der Waals surface area contributed by atoms with Crippen LogP contribution in [-0.4, -0.2) is 37.1 Å². The Bertz CT molecular complexity index is 519. The molecular weight excluding hydrogens is 228 g/mol. The first-order valence-corrected chi connectivity index (χ1v) is 4.88. The first-order chi connectivity index (χ1) is 7.76. The first-order valence-electron chi connectivity index (χ1n) is 4.88. The Kier molecular flexibility index (Phi) is 2.07. The minimum absolute atomic E-state index is 0.0238. The first kappa shape index (κ1) is 11.2. The molecule has 1 aliphatic rings. The van der Waals surface area contributed by atoms with Gasteiger partial charge >= 0.3 is 12.2 Å². The number of aromatic nitrogens is 2. The van der Waals surface area contributed by atoms with Gasteiger partial charge in [-0.2, -0.15) is 5.10 Å². The largest absolute Gasteiger partial charge is 0.465 e. The topological polar surface area (TPSA) is 122 Å². The van der Waals surface area contributed by atoms with Crippen molar-refractivity contribution in [2.75, 3.05) is 5.73 Å². The third kappa shape index (κ3) is 1.33. The molecule has 0 aliphatic carbocycles. The van der Waals surface area contributed by atoms with Crippen LogP contribution in [0.5, 0.6) is 0 Å². The van der Waals surface area contributed by atoms with Crippen LogP contribution >= 0.6 is 0 Å². The molecule has 8 nitrogen and oxygen atoms in total. The SMILES string of the molecule is CC1(C)c2nn(C(=O)O)c(N)c2CN1C(=O)O. The molecule has 4 N–H and O–H groups in total. The lowest BCUT2D eigenvalue weighted by Crippen LogP contribution is -2.40. The second-order valence-corrected chi connectivity index (χ2v) is 4.33. The Hall–Kier alpha value is -2.25. The Morgan fingerprint density at radius 2 is 1.94 bits per heavy atom. The van der Waals surface area contributed by atoms with Crippen molar-refractivity contribution in [1.82, 2.24) is 14.7 Å². The number of amides is 1. The molecule has 0 unspecified atom stereocenters. The lowest BCUT2D eigenvalue weighted by molar-refractivity contribution is 0.0974. The fraction of sp³-hybridized carbons (Fsp3) is 0.444. The van der Waals surface area contributed by atoms with Gasteiger partial charge in [0.1, 0.15) is 5.82 Å². The lowest BCUT2D eigenvalue weighted by Gasteiger charge is -2.28. The fourth-order valence-corrected chi connectivity index (χ4v) is 2.05. The monoisotopic (exact) mass is 240 g/mol. The third-order valence-corrected chi connectivity index (χ3v) is 3.01. The van der Waals surface area contributed by atoms with Crippen LogP contribution in [-0.2, 0) is 12.1 Å². The second kappa shape index (κ2) is 3.12. The summed E-state index contributed by atoms with van der Waals surface area (Å²) in [4.78, 5) is 23.1. The summed E-state index contributed by atoms with van der Waals surface area (Å²) in [5.41, 5.74) is 5.61. The van der Waals surface area contributed by atoms with Gasteiger partial charge in [-0.05, 0) is 13.8 Å². The normalized spacial score (nSPS) is 16.9. The van der Waals surface area contributed by atoms with E-state index in [1.165, 1.54) is 4.90 Å². The molecule has 2 heterocycles. The maximum atomic E-state index is 11.0. The van der Waals surface area contributed by atoms with Gasteiger partial charge in [-0.3, -0.25) is 4.90 Å². The summed E-state index contributed by atoms with van der Waals surface area (Å²) in [7, 11) is 0. The smallest absolute Gasteiger partial charge is 0.434 e. The number of hydrogen-bond acceptors (Lipinski definition) is 4. The summed E-state index contributed by atoms with van der Waals surface area (Å²) < 4.78 is 0.672. The van der Waals surface area contributed by atoms with E-state index in [0.717, 1.165) is 0 Å². The highest BCUT2D eigenvalue weighted by Gasteiger charge is 2.45. The number of nitrogens with two attached hydrogens (primary N) is 1. The average Bonchev–Trinajstić information content (AvgIpc) is 2.63. The molecule has 0 saturated carbocycles. The molecule has 1 amide bonds. The second-order valence-electron chi connectivity index (χ2n) is 4.33. The molecule has 17 heavy (non-hydrogen) atoms. The van der Waals surface area contributed by atoms with Gasteiger partial charge in [0.25, 0.3) is 0 Å². The number of hydrogen-bond donors (Lipinski definition) is 3. The summed E-state index contributed by atoms with van der Waals surface area (Å²) in [6.07, 6.45) is -2.37. The molecule has 1 aromatic heterocycles. The highest BCUT2D eigenvalue weighted by Crippen LogP contribution is 2.40. The lowest BCUT2D eigenvalue weighted by atomic mass is 10.0. The molecule has 0 bridgehead atoms. The van der Waals surface area contributed by atoms with E-state index in [1.54, 1.807) is 13.8 Å². The zero-order chi connectivity index (χ0) is 13.0. The Morgan fingerprint density at radius 1 is 1.35 bits per heavy atom. The van der Waals surface area contributed by atoms with E-state index in [2.05, 4.69) is 5.10 Å². The zero-order valence-corrected chi connectivity index (χ0v) is 9.34. The minimum Gasteiger partial charge on any atom is -0.465 e. The van der Waals surface area contributed by atoms with Gasteiger partial charge in [0, 0.05) is 5.56 Å². The van der Waals surface area contributed by atoms with E-state index in [1.807, 2.05) is 0 Å². The molecule has 8 heteroatoms. The van der Waals surface area contributed by atoms with Crippen LogP contribution in [0.3, 0.4) is 0 Å². The van der Waals surface area contributed by atoms with Crippen molar-refractivity contribution in [3.8, 4) is 0 Å². The molecule has 0 atom stereocenters. The van der Waals surface area contributed by atoms with E-state index >= 15 is 0 Å². The van der Waals surface area contributed by atoms with Gasteiger partial charge in [-0.1, -0.05) is 0 Å². The van der Waals surface area contributed by atoms with E-state index in [0.29, 0.717) is 15.9 Å². The molecule has 0 spiro atoms. The van der Waals surface area contributed by atoms with Gasteiger partial charge in [0.2, 0.25) is 0 Å². The number of carbonyl (C=O) groups is 2. The van der Waals surface area contributed by atoms with Crippen LogP contribution in [0.25, 0.3) is 0 Å². The van der Waals surface area contributed by atoms with Gasteiger partial charge in [-0.15, -0.1) is 4.68 Å². The van der Waals surface area contributed by atoms with E-state index in [4.69, 9.17) is 15.9 Å². The Morgan fingerprint density at radius 3 is 2.35 bits per heavy atom. The molecule has 1 aliphatic heterocycles. The minimum atomic E-state index is -1.28. The van der Waals surface area contributed by atoms with E-state index < -0.39 is 17.7 Å². The Balaban J connectivity index is 2.56. The molecule has 0 saturated heterocycles. The van der Waals surface area contributed by atoms with Gasteiger partial charge in [0.05, 0.1) is 17.8 Å². The standard InChI is InChI=1S/C9H12N4O4/c1-9(2)5-4(3-12(9)7(14)15)6(10)13(11-5)8(16)17/h3,10H2,1-2H3,(H,14,15)(H,16,17). The average molecular weight is 240 g/mol. The summed E-state index contributed by atoms with van der Waals surface area (Å²) in [5.74, 6) is -0.0238. The van der Waals surface area contributed by atoms with Gasteiger partial charge < -0.3 is 15.9 Å². The van der Waals surface area contributed by atoms with Crippen LogP contribution in [0.2, 0.25) is 0 Å². The molecule has 1 aromatic rings. The predicted molar refractivity (Wildman–Crippen MR) is 56.7 cm³/mol. The van der Waals surface area contributed by atoms with Crippen molar-refractivity contribution < 1.29 is 19.8 Å². The number of anilines is 1. The molecule has 0 radical (unpaired) electrons. The highest BCUT2D eigenvalue weighted by molar-refractivity contribution is 5.75. The summed E-state index contributed by atoms with van der Waals surface area (Å²) >= 11 is 0. The highest BCUT2D eigenvalue weighted by atomic mass is 16.4. The van der Waals surface area contributed by atoms with Crippen molar-refractivity contribution in [3.05, 3.63) is 11.3 Å². The molecule has 2 rings (SSSR count). The molecular formula is C9H12N4O4. The number of rotatable bonds is 0. The zero-order valence-electron chi connectivity index (χ0n) is 9.34. The van der Waals surface area contributed by atoms with Crippen molar-refractivity contribution in [1.29, 1.82) is 0 Å². The fourth-order valence-electron chi connectivity index (χ4n) is 2.05. The van der Waals surface area contributed by atoms with E-state index in [9.17, 15) is 9.59 Å². The van der Waals surface area contributed by atoms with Crippen molar-refractivity contribution in [2.24, 2.45) is 0 Å². The quantitative estimate of drug-likeness (QED) is 0.614. The predicted octanol–water partition coefficient (Wildman–Crippen LogP) is 0.720. The number of fused-ring (bicyclic) bond motifs is 1. The van der Waals surface area contributed by atoms with Gasteiger partial charge in [0.15, 0.2) is 0 Å². The van der Waals surface area contributed by atoms with Crippen LogP contribution in [0, 0.1) is 0 Å². The number of carboxylic acid groups (broad SMARTS) is 2. The maximum absolute atomic E-state index is 11.0. The van der Waals surface area contributed by atoms with Crippen molar-refractivity contribution >= 4 is 18.0 Å². The number of nitrogen functional groups attached to an aromatic ring is 1. The Labute approximate surface area is 96.2 Å². The van der Waals surface area contributed by atoms with E-state index in [-0.39, 0.29) is 12.4 Å². The van der Waals surface area contributed by atoms with Crippen LogP contribution in [0.1, 0.15) is 25.1 Å². The van der Waals surface area contributed by atoms with Crippen molar-refractivity contribution in [2.45, 2.75) is 25.9 Å². The van der Waals surface area contributed by atoms with Crippen LogP contribution in [0.4, 0.5) is 15.4 Å². The molecule has 92 valence electrons. The maximum Gasteiger partial charge on any atom is 0.434 e. The summed E-state index contributed by atoms with van der Waals surface area (Å²) in [6, 6.07) is 0. The summed E-state index contributed by atoms with van der Waals surface area (Å²) in [6.45, 7) is 3.37. The van der Waals surface area contributed by atoms with Crippen molar-refractivity contribution in [3.63, 3.8) is 0 Å². The molecule has 0 aromatic carbocycles. The third-order valence-electron chi connectivity index (χ3n) is 3.01.